The number of hydrogen-bond acceptors (Lipinski definition) is 3. The number of sulfonamides is 1. The third-order valence-corrected chi connectivity index (χ3v) is 0.793. The van der Waals surface area contributed by atoms with Crippen LogP contribution in [0, 0.1) is 5.41 Å². The van der Waals surface area contributed by atoms with Gasteiger partial charge in [0, 0.05) is 0 Å². The van der Waals surface area contributed by atoms with Crippen LogP contribution in [0.3, 0.4) is 0 Å². The smallest absolute Gasteiger partial charge is 0.253 e. The van der Waals surface area contributed by atoms with Crippen molar-refractivity contribution >= 4 is 16.0 Å². The van der Waals surface area contributed by atoms with Crippen molar-refractivity contribution in [2.75, 3.05) is 6.26 Å². The molecule has 8 heavy (non-hydrogen) atoms. The lowest BCUT2D eigenvalue weighted by Crippen LogP contribution is -2.27. The SMILES string of the molecule is CS(=O)(=O)[N]C(=N)N. The molecule has 3 N–H and O–H groups in total. The van der Waals surface area contributed by atoms with Crippen molar-refractivity contribution < 1.29 is 8.42 Å². The lowest BCUT2D eigenvalue weighted by molar-refractivity contribution is 0.597. The number of guanidine groups is 1. The summed E-state index contributed by atoms with van der Waals surface area (Å²) in [5, 5.41) is 6.38. The number of hydrogen-bond donors (Lipinski definition) is 2. The van der Waals surface area contributed by atoms with Crippen LogP contribution in [-0.2, 0) is 10.0 Å². The Kier molecular flexibility index (Phi) is 1.80. The summed E-state index contributed by atoms with van der Waals surface area (Å²) < 4.78 is 22.9. The molecule has 0 aliphatic rings. The van der Waals surface area contributed by atoms with Gasteiger partial charge in [-0.15, -0.1) is 4.72 Å². The Morgan fingerprint density at radius 2 is 2.12 bits per heavy atom. The molecule has 6 heteroatoms. The first-order valence-corrected chi connectivity index (χ1v) is 3.53. The van der Waals surface area contributed by atoms with E-state index in [2.05, 4.69) is 10.5 Å². The minimum Gasteiger partial charge on any atom is -0.368 e. The standard InChI is InChI=1S/C2H6N3O2S/c1-8(6,7)5-2(3)4/h1H3,(H3,3,4). The summed E-state index contributed by atoms with van der Waals surface area (Å²) in [6.45, 7) is 0. The molecule has 0 amide bonds. The molecule has 1 radical (unpaired) electrons. The molecule has 0 spiro atoms. The predicted molar refractivity (Wildman–Crippen MR) is 28.9 cm³/mol. The first-order valence-electron chi connectivity index (χ1n) is 1.69. The molecular weight excluding hydrogens is 130 g/mol. The fourth-order valence-corrected chi connectivity index (χ4v) is 0.536. The first kappa shape index (κ1) is 7.22. The van der Waals surface area contributed by atoms with E-state index in [0.717, 1.165) is 6.26 Å². The van der Waals surface area contributed by atoms with Crippen LogP contribution in [0.2, 0.25) is 0 Å². The summed E-state index contributed by atoms with van der Waals surface area (Å²) in [5.41, 5.74) is 4.62. The van der Waals surface area contributed by atoms with Gasteiger partial charge in [0.1, 0.15) is 0 Å². The normalized spacial score (nSPS) is 10.6. The Morgan fingerprint density at radius 1 is 1.75 bits per heavy atom. The van der Waals surface area contributed by atoms with Crippen LogP contribution in [-0.4, -0.2) is 20.6 Å². The molecule has 0 saturated heterocycles. The van der Waals surface area contributed by atoms with Gasteiger partial charge < -0.3 is 5.73 Å². The zero-order chi connectivity index (χ0) is 6.78. The van der Waals surface area contributed by atoms with Crippen molar-refractivity contribution in [2.24, 2.45) is 5.73 Å². The first-order chi connectivity index (χ1) is 3.42. The van der Waals surface area contributed by atoms with Gasteiger partial charge in [0.2, 0.25) is 5.96 Å². The fraction of sp³-hybridized carbons (Fsp3) is 0.500. The lowest BCUT2D eigenvalue weighted by atomic mass is 11.1. The summed E-state index contributed by atoms with van der Waals surface area (Å²) in [7, 11) is -3.45. The summed E-state index contributed by atoms with van der Waals surface area (Å²) >= 11 is 0. The highest BCUT2D eigenvalue weighted by Gasteiger charge is 2.01. The Morgan fingerprint density at radius 3 is 2.12 bits per heavy atom. The molecule has 0 heterocycles. The zero-order valence-electron chi connectivity index (χ0n) is 4.25. The van der Waals surface area contributed by atoms with Gasteiger partial charge in [0.15, 0.2) is 0 Å². The number of nitrogens with one attached hydrogen (secondary N) is 1. The van der Waals surface area contributed by atoms with E-state index in [0.29, 0.717) is 0 Å². The van der Waals surface area contributed by atoms with Crippen molar-refractivity contribution in [3.8, 4) is 0 Å². The average molecular weight is 136 g/mol. The second-order valence-electron chi connectivity index (χ2n) is 1.21. The molecule has 0 aromatic rings. The fourth-order valence-electron chi connectivity index (χ4n) is 0.179. The Labute approximate surface area is 47.4 Å². The number of nitrogens with zero attached hydrogens (tertiary/aromatic N) is 1. The molecule has 0 aliphatic carbocycles. The van der Waals surface area contributed by atoms with Gasteiger partial charge in [-0.25, -0.2) is 8.42 Å². The number of nitrogens with two attached hydrogens (primary N) is 1. The maximum atomic E-state index is 10.1. The van der Waals surface area contributed by atoms with E-state index in [-0.39, 0.29) is 0 Å². The van der Waals surface area contributed by atoms with Crippen molar-refractivity contribution in [3.05, 3.63) is 0 Å². The quantitative estimate of drug-likeness (QED) is 0.337. The maximum Gasteiger partial charge on any atom is 0.253 e. The maximum absolute atomic E-state index is 10.1. The van der Waals surface area contributed by atoms with E-state index in [4.69, 9.17) is 5.41 Å². The molecule has 5 nitrogen and oxygen atoms in total. The predicted octanol–water partition coefficient (Wildman–Crippen LogP) is -1.56. The molecular formula is C2H6N3O2S. The molecule has 47 valence electrons. The van der Waals surface area contributed by atoms with Crippen LogP contribution in [0.5, 0.6) is 0 Å². The summed E-state index contributed by atoms with van der Waals surface area (Å²) in [6, 6.07) is 0. The van der Waals surface area contributed by atoms with Crippen molar-refractivity contribution in [2.45, 2.75) is 0 Å². The van der Waals surface area contributed by atoms with Gasteiger partial charge in [-0.1, -0.05) is 0 Å². The molecule has 0 fully saturated rings. The zero-order valence-corrected chi connectivity index (χ0v) is 5.07. The third kappa shape index (κ3) is 5.22. The molecule has 0 aromatic heterocycles. The molecule has 0 saturated carbocycles. The van der Waals surface area contributed by atoms with Gasteiger partial charge in [-0.2, -0.15) is 0 Å². The van der Waals surface area contributed by atoms with E-state index in [1.54, 1.807) is 0 Å². The molecule has 0 rings (SSSR count). The molecule has 0 atom stereocenters. The van der Waals surface area contributed by atoms with Crippen molar-refractivity contribution in [1.29, 1.82) is 5.41 Å². The number of rotatable bonds is 1. The largest absolute Gasteiger partial charge is 0.368 e. The second-order valence-corrected chi connectivity index (χ2v) is 2.86. The van der Waals surface area contributed by atoms with E-state index in [1.165, 1.54) is 0 Å². The second kappa shape index (κ2) is 1.99. The van der Waals surface area contributed by atoms with E-state index >= 15 is 0 Å². The molecule has 0 unspecified atom stereocenters. The minimum absolute atomic E-state index is 0.687. The van der Waals surface area contributed by atoms with E-state index < -0.39 is 16.0 Å². The third-order valence-electron chi connectivity index (χ3n) is 0.264. The topological polar surface area (TPSA) is 98.1 Å². The highest BCUT2D eigenvalue weighted by molar-refractivity contribution is 7.89. The van der Waals surface area contributed by atoms with E-state index in [1.807, 2.05) is 0 Å². The van der Waals surface area contributed by atoms with Gasteiger partial charge in [0.25, 0.3) is 10.0 Å². The Hall–Kier alpha value is -0.780. The lowest BCUT2D eigenvalue weighted by Gasteiger charge is -1.91. The summed E-state index contributed by atoms with van der Waals surface area (Å²) in [6.07, 6.45) is 0.869. The van der Waals surface area contributed by atoms with E-state index in [9.17, 15) is 8.42 Å². The van der Waals surface area contributed by atoms with Crippen LogP contribution in [0.25, 0.3) is 0 Å². The summed E-state index contributed by atoms with van der Waals surface area (Å²) in [5.74, 6) is -0.687. The molecule has 0 aliphatic heterocycles. The van der Waals surface area contributed by atoms with Crippen molar-refractivity contribution in [1.82, 2.24) is 4.72 Å². The van der Waals surface area contributed by atoms with Crippen LogP contribution in [0.4, 0.5) is 0 Å². The molecule has 0 aromatic carbocycles. The van der Waals surface area contributed by atoms with Crippen LogP contribution in [0.15, 0.2) is 0 Å². The highest BCUT2D eigenvalue weighted by Crippen LogP contribution is 1.71. The molecule has 0 bridgehead atoms. The van der Waals surface area contributed by atoms with Crippen LogP contribution < -0.4 is 10.5 Å². The minimum atomic E-state index is -3.45. The van der Waals surface area contributed by atoms with Gasteiger partial charge in [0.05, 0.1) is 6.26 Å². The Balaban J connectivity index is 3.95. The van der Waals surface area contributed by atoms with Gasteiger partial charge in [-0.05, 0) is 0 Å². The van der Waals surface area contributed by atoms with Gasteiger partial charge >= 0.3 is 0 Å². The van der Waals surface area contributed by atoms with Crippen LogP contribution >= 0.6 is 0 Å². The summed E-state index contributed by atoms with van der Waals surface area (Å²) in [4.78, 5) is 0. The van der Waals surface area contributed by atoms with Crippen molar-refractivity contribution in [3.63, 3.8) is 0 Å². The Bertz CT molecular complexity index is 181. The highest BCUT2D eigenvalue weighted by atomic mass is 32.2. The van der Waals surface area contributed by atoms with Gasteiger partial charge in [-0.3, -0.25) is 5.41 Å². The monoisotopic (exact) mass is 136 g/mol. The van der Waals surface area contributed by atoms with Crippen LogP contribution in [0.1, 0.15) is 0 Å². The average Bonchev–Trinajstić information content (AvgIpc) is 1.21.